The zero-order chi connectivity index (χ0) is 28.8. The average molecular weight is 625 g/mol. The lowest BCUT2D eigenvalue weighted by molar-refractivity contribution is -0.667. The van der Waals surface area contributed by atoms with Crippen molar-refractivity contribution in [3.8, 4) is 5.75 Å². The molecule has 1 heterocycles. The smallest absolute Gasteiger partial charge is 0.421 e. The second kappa shape index (κ2) is 12.6. The number of anilines is 2. The summed E-state index contributed by atoms with van der Waals surface area (Å²) in [7, 11) is -7.06. The molecule has 19 heteroatoms. The number of thioether (sulfide) groups is 1. The van der Waals surface area contributed by atoms with Gasteiger partial charge in [0.1, 0.15) is 22.7 Å². The van der Waals surface area contributed by atoms with Gasteiger partial charge in [0, 0.05) is 11.2 Å². The predicted octanol–water partition coefficient (Wildman–Crippen LogP) is 2.60. The summed E-state index contributed by atoms with van der Waals surface area (Å²) in [4.78, 5) is 16.1. The predicted molar refractivity (Wildman–Crippen MR) is 139 cm³/mol. The Hall–Kier alpha value is -3.48. The van der Waals surface area contributed by atoms with Crippen molar-refractivity contribution in [1.82, 2.24) is 19.7 Å². The summed E-state index contributed by atoms with van der Waals surface area (Å²) in [5.74, 6) is -1.79. The molecule has 0 spiro atoms. The van der Waals surface area contributed by atoms with Gasteiger partial charge in [-0.2, -0.15) is 45.3 Å². The normalized spacial score (nSPS) is 12.5. The van der Waals surface area contributed by atoms with Gasteiger partial charge in [0.2, 0.25) is 5.95 Å². The van der Waals surface area contributed by atoms with Crippen LogP contribution in [0, 0.1) is 0 Å². The summed E-state index contributed by atoms with van der Waals surface area (Å²) in [5, 5.41) is 5.14. The highest BCUT2D eigenvalue weighted by atomic mass is 35.5. The van der Waals surface area contributed by atoms with Crippen molar-refractivity contribution in [2.45, 2.75) is 21.6 Å². The first-order valence-corrected chi connectivity index (χ1v) is 15.0. The number of para-hydroxylation sites is 1. The molecule has 0 aliphatic rings. The molecule has 39 heavy (non-hydrogen) atoms. The molecule has 0 aliphatic carbocycles. The first-order valence-electron chi connectivity index (χ1n) is 10.5. The molecule has 0 amide bonds. The van der Waals surface area contributed by atoms with Crippen LogP contribution in [0.1, 0.15) is 0 Å². The first kappa shape index (κ1) is 30.1. The second-order valence-corrected chi connectivity index (χ2v) is 11.5. The van der Waals surface area contributed by atoms with Crippen molar-refractivity contribution in [2.24, 2.45) is 0 Å². The van der Waals surface area contributed by atoms with E-state index >= 15 is 0 Å². The van der Waals surface area contributed by atoms with Gasteiger partial charge in [-0.15, -0.1) is 0 Å². The minimum Gasteiger partial charge on any atom is -0.433 e. The van der Waals surface area contributed by atoms with Crippen LogP contribution in [-0.4, -0.2) is 68.9 Å². The van der Waals surface area contributed by atoms with Gasteiger partial charge in [0.25, 0.3) is 5.95 Å². The standard InChI is InChI=1S/C20H20ClF2N7O6S3/c1-24-17-25-18(28-20(27-17)37-3)26-19(30(35-2)39(33,34)14-10-6-4-8-12(14)21)29-38(31,32)15-11-7-5-9-13(15)36-16(22)23/h4-11,16H,1-3H3,(H2,24,25,26,27,28,29)/p+1. The third-order valence-corrected chi connectivity index (χ3v) is 8.57. The average Bonchev–Trinajstić information content (AvgIpc) is 2.88. The summed E-state index contributed by atoms with van der Waals surface area (Å²) in [6, 6.07) is 9.84. The van der Waals surface area contributed by atoms with Gasteiger partial charge in [-0.05, 0) is 30.5 Å². The second-order valence-electron chi connectivity index (χ2n) is 6.97. The summed E-state index contributed by atoms with van der Waals surface area (Å²) >= 11 is 7.21. The molecule has 0 aliphatic heterocycles. The number of guanidine groups is 1. The minimum absolute atomic E-state index is 0.0627. The van der Waals surface area contributed by atoms with E-state index in [4.69, 9.17) is 16.4 Å². The number of benzene rings is 2. The number of hydrogen-bond donors (Lipinski definition) is 3. The van der Waals surface area contributed by atoms with Gasteiger partial charge in [-0.3, -0.25) is 0 Å². The van der Waals surface area contributed by atoms with Crippen LogP contribution < -0.4 is 20.1 Å². The van der Waals surface area contributed by atoms with Gasteiger partial charge < -0.3 is 14.9 Å². The third kappa shape index (κ3) is 7.14. The van der Waals surface area contributed by atoms with Gasteiger partial charge in [-0.1, -0.05) is 47.6 Å². The first-order chi connectivity index (χ1) is 18.4. The van der Waals surface area contributed by atoms with Crippen molar-refractivity contribution in [3.05, 3.63) is 53.6 Å². The van der Waals surface area contributed by atoms with Crippen LogP contribution in [-0.2, 0) is 24.9 Å². The minimum atomic E-state index is -4.81. The van der Waals surface area contributed by atoms with Crippen LogP contribution >= 0.6 is 23.4 Å². The van der Waals surface area contributed by atoms with E-state index in [1.165, 1.54) is 37.4 Å². The Bertz CT molecular complexity index is 1570. The number of ether oxygens (including phenoxy) is 1. The number of nitrogens with one attached hydrogen (secondary N) is 3. The number of rotatable bonds is 10. The van der Waals surface area contributed by atoms with E-state index in [9.17, 15) is 25.6 Å². The molecule has 3 rings (SSSR count). The third-order valence-electron chi connectivity index (χ3n) is 4.52. The molecule has 0 radical (unpaired) electrons. The largest absolute Gasteiger partial charge is 0.433 e. The Morgan fingerprint density at radius 2 is 1.62 bits per heavy atom. The topological polar surface area (TPSA) is 165 Å². The van der Waals surface area contributed by atoms with Crippen LogP contribution in [0.15, 0.2) is 63.5 Å². The number of nitrogens with zero attached hydrogens (tertiary/aromatic N) is 4. The lowest BCUT2D eigenvalue weighted by Gasteiger charge is -2.14. The highest BCUT2D eigenvalue weighted by Gasteiger charge is 2.36. The van der Waals surface area contributed by atoms with E-state index in [1.54, 1.807) is 6.26 Å². The maximum absolute atomic E-state index is 13.5. The Labute approximate surface area is 231 Å². The molecule has 0 fully saturated rings. The molecule has 0 saturated carbocycles. The molecule has 1 aromatic heterocycles. The monoisotopic (exact) mass is 624 g/mol. The summed E-state index contributed by atoms with van der Waals surface area (Å²) < 4.78 is 86.2. The SMILES string of the molecule is CNc1nc(NC(NS(=O)(=O)c2ccccc2OC(F)F)=[N+](OC)S(=O)(=O)c2ccccc2Cl)nc(SC)n1. The highest BCUT2D eigenvalue weighted by molar-refractivity contribution is 7.98. The van der Waals surface area contributed by atoms with E-state index in [1.807, 2.05) is 4.72 Å². The zero-order valence-corrected chi connectivity index (χ0v) is 23.5. The van der Waals surface area contributed by atoms with Crippen molar-refractivity contribution in [2.75, 3.05) is 31.0 Å². The molecule has 0 bridgehead atoms. The van der Waals surface area contributed by atoms with E-state index in [-0.39, 0.29) is 26.2 Å². The van der Waals surface area contributed by atoms with Crippen LogP contribution in [0.2, 0.25) is 5.02 Å². The van der Waals surface area contributed by atoms with Gasteiger partial charge in [0.15, 0.2) is 5.16 Å². The van der Waals surface area contributed by atoms with Gasteiger partial charge >= 0.3 is 32.6 Å². The van der Waals surface area contributed by atoms with Crippen LogP contribution in [0.3, 0.4) is 0 Å². The van der Waals surface area contributed by atoms with Gasteiger partial charge in [-0.25, -0.2) is 5.32 Å². The molecule has 0 saturated heterocycles. The molecule has 0 unspecified atom stereocenters. The van der Waals surface area contributed by atoms with Crippen molar-refractivity contribution in [3.63, 3.8) is 0 Å². The Kier molecular flexibility index (Phi) is 9.70. The molecule has 13 nitrogen and oxygen atoms in total. The summed E-state index contributed by atoms with van der Waals surface area (Å²) in [6.45, 7) is -3.34. The molecule has 3 N–H and O–H groups in total. The van der Waals surface area contributed by atoms with E-state index in [0.717, 1.165) is 37.1 Å². The summed E-state index contributed by atoms with van der Waals surface area (Å²) in [6.07, 6.45) is 1.66. The van der Waals surface area contributed by atoms with Crippen molar-refractivity contribution in [1.29, 1.82) is 0 Å². The number of aromatic nitrogens is 3. The summed E-state index contributed by atoms with van der Waals surface area (Å²) in [5.41, 5.74) is 0. The number of alkyl halides is 2. The molecular weight excluding hydrogens is 604 g/mol. The number of hydrogen-bond acceptors (Lipinski definition) is 11. The number of sulfonamides is 2. The van der Waals surface area contributed by atoms with Crippen LogP contribution in [0.5, 0.6) is 5.75 Å². The van der Waals surface area contributed by atoms with Gasteiger partial charge in [0.05, 0.1) is 5.02 Å². The molecular formula is C20H21ClF2N7O6S3+. The van der Waals surface area contributed by atoms with Crippen LogP contribution in [0.4, 0.5) is 20.7 Å². The fourth-order valence-electron chi connectivity index (χ4n) is 2.93. The Morgan fingerprint density at radius 1 is 1.00 bits per heavy atom. The number of halogens is 3. The highest BCUT2D eigenvalue weighted by Crippen LogP contribution is 2.26. The van der Waals surface area contributed by atoms with Crippen LogP contribution in [0.25, 0.3) is 0 Å². The fourth-order valence-corrected chi connectivity index (χ4v) is 6.18. The van der Waals surface area contributed by atoms with Crippen molar-refractivity contribution < 1.29 is 39.3 Å². The molecule has 210 valence electrons. The zero-order valence-electron chi connectivity index (χ0n) is 20.3. The van der Waals surface area contributed by atoms with Crippen molar-refractivity contribution >= 4 is 61.3 Å². The maximum Gasteiger partial charge on any atom is 0.421 e. The van der Waals surface area contributed by atoms with E-state index in [0.29, 0.717) is 0 Å². The quantitative estimate of drug-likeness (QED) is 0.0994. The maximum atomic E-state index is 13.5. The Morgan fingerprint density at radius 3 is 2.21 bits per heavy atom. The van der Waals surface area contributed by atoms with E-state index < -0.39 is 48.2 Å². The molecule has 3 aromatic rings. The van der Waals surface area contributed by atoms with E-state index in [2.05, 4.69) is 30.3 Å². The lowest BCUT2D eigenvalue weighted by atomic mass is 10.3. The Balaban J connectivity index is 2.24. The molecule has 2 aromatic carbocycles. The fraction of sp³-hybridized carbons (Fsp3) is 0.200. The molecule has 0 atom stereocenters. The lowest BCUT2D eigenvalue weighted by Crippen LogP contribution is -2.45.